The number of rotatable bonds is 30. The van der Waals surface area contributed by atoms with Crippen molar-refractivity contribution in [3.8, 4) is 0 Å². The molecule has 458 valence electrons. The van der Waals surface area contributed by atoms with E-state index in [-0.39, 0.29) is 49.0 Å². The van der Waals surface area contributed by atoms with Crippen molar-refractivity contribution in [3.63, 3.8) is 0 Å². The van der Waals surface area contributed by atoms with Crippen molar-refractivity contribution >= 4 is 66.0 Å². The van der Waals surface area contributed by atoms with Gasteiger partial charge in [0.2, 0.25) is 5.91 Å². The fraction of sp³-hybridized carbons (Fsp3) is 0.507. The van der Waals surface area contributed by atoms with Gasteiger partial charge in [0.25, 0.3) is 5.91 Å². The normalized spacial score (nSPS) is 17.8. The highest BCUT2D eigenvalue weighted by molar-refractivity contribution is 6.98. The van der Waals surface area contributed by atoms with Crippen LogP contribution in [0.4, 0.5) is 10.5 Å². The molecule has 85 heavy (non-hydrogen) atoms. The number of aliphatic hydroxyl groups excluding tert-OH is 2. The maximum absolute atomic E-state index is 14.0. The number of carbonyl (C=O) groups is 4. The molecule has 2 aliphatic heterocycles. The number of aromatic carboxylic acids is 1. The summed E-state index contributed by atoms with van der Waals surface area (Å²) in [6.07, 6.45) is 31.5. The maximum atomic E-state index is 14.0. The molecule has 0 bridgehead atoms. The minimum atomic E-state index is -2.29. The van der Waals surface area contributed by atoms with Gasteiger partial charge in [-0.25, -0.2) is 14.2 Å². The van der Waals surface area contributed by atoms with Gasteiger partial charge in [0, 0.05) is 69.1 Å². The molecule has 3 aromatic carbocycles. The van der Waals surface area contributed by atoms with Crippen molar-refractivity contribution in [2.75, 3.05) is 46.2 Å². The summed E-state index contributed by atoms with van der Waals surface area (Å²) in [7, 11) is 5.80. The second kappa shape index (κ2) is 32.6. The number of carboxylic acids is 1. The van der Waals surface area contributed by atoms with Gasteiger partial charge in [0.05, 0.1) is 30.0 Å². The van der Waals surface area contributed by atoms with Gasteiger partial charge in [0.15, 0.2) is 5.71 Å². The summed E-state index contributed by atoms with van der Waals surface area (Å²) in [5, 5.41) is 46.8. The summed E-state index contributed by atoms with van der Waals surface area (Å²) in [6.45, 7) is 7.29. The van der Waals surface area contributed by atoms with Gasteiger partial charge in [-0.15, -0.1) is 0 Å². The van der Waals surface area contributed by atoms with E-state index >= 15 is 0 Å². The summed E-state index contributed by atoms with van der Waals surface area (Å²) in [4.78, 5) is 54.6. The first-order chi connectivity index (χ1) is 41.0. The number of carboxylic acid groups (broad SMARTS) is 1. The lowest BCUT2D eigenvalue weighted by Gasteiger charge is -2.38. The van der Waals surface area contributed by atoms with Crippen LogP contribution in [0.2, 0.25) is 13.1 Å². The van der Waals surface area contributed by atoms with Crippen molar-refractivity contribution in [3.05, 3.63) is 141 Å². The predicted octanol–water partition coefficient (Wildman–Crippen LogP) is 11.5. The SMILES string of the molecule is CCCCCCCCCCCCCC=C[C@@H](O)[C@H](CO)NC(=O)CCCCCNC(=O)OC1CCCC2=C(c3ccc(CNC(=O)c4ccc(C(=O)O)c(C5=C6C=CC(=[N+](C)C)C=C6[Si](C)(C)c6cc(N(C)C)ccc65)c4)cc3)NN=CC2CC1. The van der Waals surface area contributed by atoms with Crippen molar-refractivity contribution in [2.24, 2.45) is 11.0 Å². The van der Waals surface area contributed by atoms with Crippen LogP contribution >= 0.6 is 0 Å². The lowest BCUT2D eigenvalue weighted by molar-refractivity contribution is -0.462. The second-order valence-electron chi connectivity index (χ2n) is 24.4. The number of amides is 3. The molecule has 0 spiro atoms. The zero-order valence-electron chi connectivity index (χ0n) is 51.7. The van der Waals surface area contributed by atoms with E-state index in [1.54, 1.807) is 24.3 Å². The van der Waals surface area contributed by atoms with Gasteiger partial charge in [-0.2, -0.15) is 5.10 Å². The van der Waals surface area contributed by atoms with Gasteiger partial charge < -0.3 is 40.9 Å². The van der Waals surface area contributed by atoms with Crippen LogP contribution in [0.1, 0.15) is 185 Å². The first kappa shape index (κ1) is 65.7. The van der Waals surface area contributed by atoms with Gasteiger partial charge in [-0.05, 0) is 144 Å². The quantitative estimate of drug-likeness (QED) is 0.0146. The van der Waals surface area contributed by atoms with E-state index in [1.807, 2.05) is 64.7 Å². The molecule has 2 aliphatic carbocycles. The van der Waals surface area contributed by atoms with Gasteiger partial charge in [-0.3, -0.25) is 15.0 Å². The third-order valence-electron chi connectivity index (χ3n) is 17.3. The Morgan fingerprint density at radius 2 is 1.56 bits per heavy atom. The third kappa shape index (κ3) is 18.3. The van der Waals surface area contributed by atoms with E-state index in [1.165, 1.54) is 80.2 Å². The van der Waals surface area contributed by atoms with Crippen LogP contribution in [-0.2, 0) is 16.1 Å². The predicted molar refractivity (Wildman–Crippen MR) is 346 cm³/mol. The van der Waals surface area contributed by atoms with Gasteiger partial charge in [-0.1, -0.05) is 133 Å². The number of allylic oxidation sites excluding steroid dienone is 7. The molecular weight excluding hydrogens is 1080 g/mol. The monoisotopic (exact) mass is 1180 g/mol. The summed E-state index contributed by atoms with van der Waals surface area (Å²) in [5.41, 5.74) is 13.3. The molecule has 1 fully saturated rings. The number of benzene rings is 3. The Kier molecular flexibility index (Phi) is 25.2. The minimum absolute atomic E-state index is 0.0871. The molecule has 3 aromatic rings. The molecular formula is C69H96N7O8Si+. The van der Waals surface area contributed by atoms with Crippen molar-refractivity contribution < 1.29 is 43.8 Å². The van der Waals surface area contributed by atoms with Crippen molar-refractivity contribution in [1.29, 1.82) is 0 Å². The molecule has 2 heterocycles. The number of aliphatic hydroxyl groups is 2. The van der Waals surface area contributed by atoms with E-state index in [0.717, 1.165) is 89.9 Å². The molecule has 7 N–H and O–H groups in total. The average molecular weight is 1180 g/mol. The Hall–Kier alpha value is -6.88. The van der Waals surface area contributed by atoms with Crippen LogP contribution in [0.15, 0.2) is 112 Å². The van der Waals surface area contributed by atoms with Crippen LogP contribution in [0, 0.1) is 5.92 Å². The molecule has 16 heteroatoms. The fourth-order valence-corrected chi connectivity index (χ4v) is 15.2. The van der Waals surface area contributed by atoms with Crippen molar-refractivity contribution in [1.82, 2.24) is 21.4 Å². The minimum Gasteiger partial charge on any atom is -0.478 e. The summed E-state index contributed by atoms with van der Waals surface area (Å²) in [6, 6.07) is 18.6. The molecule has 15 nitrogen and oxygen atoms in total. The molecule has 4 atom stereocenters. The first-order valence-corrected chi connectivity index (χ1v) is 34.5. The first-order valence-electron chi connectivity index (χ1n) is 31.5. The molecule has 7 rings (SSSR count). The lowest BCUT2D eigenvalue weighted by Crippen LogP contribution is -2.49. The number of ether oxygens (including phenoxy) is 1. The van der Waals surface area contributed by atoms with Crippen molar-refractivity contribution in [2.45, 2.75) is 180 Å². The highest BCUT2D eigenvalue weighted by Gasteiger charge is 2.41. The largest absolute Gasteiger partial charge is 0.478 e. The highest BCUT2D eigenvalue weighted by Crippen LogP contribution is 2.43. The Labute approximate surface area is 506 Å². The standard InChI is InChI=1S/C69H95N7O8Si/c1-8-9-10-11-12-13-14-15-16-17-18-19-21-27-61(78)60(47-77)73-64(79)28-22-20-23-41-70-69(83)84-54-25-24-26-55-51(33-37-54)46-72-74-66(55)49-31-29-48(30-32-49)45-71-67(80)50-34-38-56(68(81)82)59(42-50)65-57-39-35-52(75(2)3)43-62(57)85(6,7)63-44-53(76(4)5)36-40-58(63)65/h21,27,29-32,34-36,38-40,42-44,46,51,54,60-61,74,77-78H,8-20,22-26,28,33,37,41,45,47H2,1-7H3,(H3-,70,71,73,79,80,81,82,83)/p+1/t51?,54?,60-,61+/m0/s1. The lowest BCUT2D eigenvalue weighted by atomic mass is 9.83. The number of carbonyl (C=O) groups excluding carboxylic acids is 3. The number of hydrogen-bond acceptors (Lipinski definition) is 10. The van der Waals surface area contributed by atoms with Crippen LogP contribution in [-0.4, -0.2) is 123 Å². The highest BCUT2D eigenvalue weighted by atomic mass is 28.3. The van der Waals surface area contributed by atoms with E-state index < -0.39 is 32.3 Å². The van der Waals surface area contributed by atoms with Crippen LogP contribution in [0.5, 0.6) is 0 Å². The molecule has 2 unspecified atom stereocenters. The number of hydrazone groups is 1. The topological polar surface area (TPSA) is 205 Å². The number of hydrogen-bond donors (Lipinski definition) is 7. The number of fused-ring (bicyclic) bond motifs is 3. The van der Waals surface area contributed by atoms with E-state index in [9.17, 15) is 34.5 Å². The Bertz CT molecular complexity index is 3020. The van der Waals surface area contributed by atoms with Crippen LogP contribution in [0.25, 0.3) is 11.3 Å². The molecule has 0 radical (unpaired) electrons. The molecule has 0 saturated heterocycles. The van der Waals surface area contributed by atoms with Crippen LogP contribution in [0.3, 0.4) is 0 Å². The molecule has 3 amide bonds. The molecule has 4 aliphatic rings. The average Bonchev–Trinajstić information content (AvgIpc) is 2.30. The third-order valence-corrected chi connectivity index (χ3v) is 20.8. The number of unbranched alkanes of at least 4 members (excludes halogenated alkanes) is 13. The van der Waals surface area contributed by atoms with E-state index in [4.69, 9.17) is 4.74 Å². The summed E-state index contributed by atoms with van der Waals surface area (Å²) < 4.78 is 7.99. The molecule has 0 aromatic heterocycles. The van der Waals surface area contributed by atoms with E-state index in [0.29, 0.717) is 36.9 Å². The summed E-state index contributed by atoms with van der Waals surface area (Å²) >= 11 is 0. The van der Waals surface area contributed by atoms with Gasteiger partial charge >= 0.3 is 12.1 Å². The van der Waals surface area contributed by atoms with E-state index in [2.05, 4.69) is 92.4 Å². The second-order valence-corrected chi connectivity index (χ2v) is 28.8. The number of nitrogens with zero attached hydrogens (tertiary/aromatic N) is 3. The molecule has 1 saturated carbocycles. The maximum Gasteiger partial charge on any atom is 0.407 e. The van der Waals surface area contributed by atoms with Gasteiger partial charge in [0.1, 0.15) is 28.3 Å². The zero-order chi connectivity index (χ0) is 60.9. The Morgan fingerprint density at radius 3 is 2.26 bits per heavy atom. The number of nitrogens with one attached hydrogen (secondary N) is 4. The Morgan fingerprint density at radius 1 is 0.847 bits per heavy atom. The zero-order valence-corrected chi connectivity index (χ0v) is 52.7. The fourth-order valence-electron chi connectivity index (χ4n) is 12.1. The Balaban J connectivity index is 0.845. The summed E-state index contributed by atoms with van der Waals surface area (Å²) in [5.74, 6) is -1.50. The smallest absolute Gasteiger partial charge is 0.407 e. The van der Waals surface area contributed by atoms with Crippen LogP contribution < -0.4 is 31.5 Å². The number of anilines is 1. The number of alkyl carbamates (subject to hydrolysis) is 1.